The molecule has 2 rings (SSSR count). The van der Waals surface area contributed by atoms with Gasteiger partial charge in [0.1, 0.15) is 0 Å². The number of aromatic nitrogens is 2. The summed E-state index contributed by atoms with van der Waals surface area (Å²) in [5.74, 6) is 0.428. The molecule has 2 aromatic heterocycles. The molecule has 0 saturated heterocycles. The van der Waals surface area contributed by atoms with E-state index in [4.69, 9.17) is 9.63 Å². The number of aryl methyl sites for hydroxylation is 1. The molecule has 0 bridgehead atoms. The summed E-state index contributed by atoms with van der Waals surface area (Å²) in [6.07, 6.45) is 2.88. The first-order valence-corrected chi connectivity index (χ1v) is 6.66. The average Bonchev–Trinajstić information content (AvgIpc) is 2.95. The van der Waals surface area contributed by atoms with Gasteiger partial charge in [0, 0.05) is 25.0 Å². The zero-order valence-corrected chi connectivity index (χ0v) is 10.5. The van der Waals surface area contributed by atoms with Crippen LogP contribution in [0.3, 0.4) is 0 Å². The third kappa shape index (κ3) is 2.61. The van der Waals surface area contributed by atoms with Gasteiger partial charge in [-0.2, -0.15) is 0 Å². The van der Waals surface area contributed by atoms with E-state index in [0.29, 0.717) is 11.5 Å². The Bertz CT molecular complexity index is 616. The number of aliphatic hydroxyl groups is 1. The van der Waals surface area contributed by atoms with Gasteiger partial charge >= 0.3 is 0 Å². The van der Waals surface area contributed by atoms with Crippen molar-refractivity contribution in [1.29, 1.82) is 0 Å². The van der Waals surface area contributed by atoms with Crippen LogP contribution in [0.25, 0.3) is 0 Å². The minimum absolute atomic E-state index is 0.0334. The van der Waals surface area contributed by atoms with Gasteiger partial charge in [-0.1, -0.05) is 5.16 Å². The first-order valence-electron chi connectivity index (χ1n) is 5.18. The molecular formula is C10H13N3O4S. The Hall–Kier alpha value is -1.64. The highest BCUT2D eigenvalue weighted by Crippen LogP contribution is 2.13. The van der Waals surface area contributed by atoms with Crippen LogP contribution in [0, 0.1) is 0 Å². The maximum absolute atomic E-state index is 11.9. The van der Waals surface area contributed by atoms with Gasteiger partial charge in [-0.05, 0) is 6.07 Å². The Morgan fingerprint density at radius 1 is 1.56 bits per heavy atom. The Morgan fingerprint density at radius 3 is 2.89 bits per heavy atom. The number of rotatable bonds is 5. The molecule has 18 heavy (non-hydrogen) atoms. The van der Waals surface area contributed by atoms with E-state index >= 15 is 0 Å². The number of aliphatic hydroxyl groups excluding tert-OH is 1. The monoisotopic (exact) mass is 271 g/mol. The van der Waals surface area contributed by atoms with E-state index in [9.17, 15) is 8.42 Å². The molecule has 8 heteroatoms. The molecule has 0 aliphatic rings. The molecule has 0 radical (unpaired) electrons. The van der Waals surface area contributed by atoms with Crippen molar-refractivity contribution < 1.29 is 18.0 Å². The smallest absolute Gasteiger partial charge is 0.242 e. The van der Waals surface area contributed by atoms with E-state index in [2.05, 4.69) is 9.88 Å². The summed E-state index contributed by atoms with van der Waals surface area (Å²) in [7, 11) is -1.95. The van der Waals surface area contributed by atoms with E-state index in [1.165, 1.54) is 18.5 Å². The molecule has 0 unspecified atom stereocenters. The Kier molecular flexibility index (Phi) is 3.50. The van der Waals surface area contributed by atoms with Crippen molar-refractivity contribution in [3.8, 4) is 0 Å². The highest BCUT2D eigenvalue weighted by molar-refractivity contribution is 7.89. The van der Waals surface area contributed by atoms with Crippen molar-refractivity contribution in [2.24, 2.45) is 7.05 Å². The van der Waals surface area contributed by atoms with Gasteiger partial charge in [-0.3, -0.25) is 0 Å². The molecule has 0 aliphatic carbocycles. The molecule has 0 saturated carbocycles. The van der Waals surface area contributed by atoms with Crippen LogP contribution in [0.2, 0.25) is 0 Å². The summed E-state index contributed by atoms with van der Waals surface area (Å²) in [4.78, 5) is 0.105. The lowest BCUT2D eigenvalue weighted by Gasteiger charge is -2.01. The third-order valence-corrected chi connectivity index (χ3v) is 3.85. The highest BCUT2D eigenvalue weighted by Gasteiger charge is 2.17. The second kappa shape index (κ2) is 4.92. The van der Waals surface area contributed by atoms with Gasteiger partial charge in [0.2, 0.25) is 10.0 Å². The molecule has 7 nitrogen and oxygen atoms in total. The Morgan fingerprint density at radius 2 is 2.33 bits per heavy atom. The fourth-order valence-electron chi connectivity index (χ4n) is 1.46. The maximum atomic E-state index is 11.9. The molecule has 98 valence electrons. The minimum atomic E-state index is -3.62. The van der Waals surface area contributed by atoms with Gasteiger partial charge in [-0.15, -0.1) is 0 Å². The lowest BCUT2D eigenvalue weighted by Crippen LogP contribution is -2.22. The molecule has 0 amide bonds. The highest BCUT2D eigenvalue weighted by atomic mass is 32.2. The maximum Gasteiger partial charge on any atom is 0.242 e. The quantitative estimate of drug-likeness (QED) is 0.796. The van der Waals surface area contributed by atoms with Gasteiger partial charge in [-0.25, -0.2) is 13.1 Å². The summed E-state index contributed by atoms with van der Waals surface area (Å²) in [6.45, 7) is -0.181. The van der Waals surface area contributed by atoms with Crippen molar-refractivity contribution in [1.82, 2.24) is 14.4 Å². The fraction of sp³-hybridized carbons (Fsp3) is 0.300. The topological polar surface area (TPSA) is 97.4 Å². The zero-order chi connectivity index (χ0) is 13.2. The normalized spacial score (nSPS) is 11.9. The number of hydrogen-bond acceptors (Lipinski definition) is 5. The SMILES string of the molecule is Cn1cc(S(=O)(=O)NCc2ccno2)cc1CO. The lowest BCUT2D eigenvalue weighted by atomic mass is 10.5. The number of hydrogen-bond donors (Lipinski definition) is 2. The third-order valence-electron chi connectivity index (χ3n) is 2.48. The van der Waals surface area contributed by atoms with E-state index in [0.717, 1.165) is 0 Å². The van der Waals surface area contributed by atoms with Gasteiger partial charge < -0.3 is 14.2 Å². The molecule has 2 N–H and O–H groups in total. The first kappa shape index (κ1) is 12.8. The Balaban J connectivity index is 2.14. The summed E-state index contributed by atoms with van der Waals surface area (Å²) in [5.41, 5.74) is 0.523. The summed E-state index contributed by atoms with van der Waals surface area (Å²) in [6, 6.07) is 3.00. The number of nitrogens with one attached hydrogen (secondary N) is 1. The predicted molar refractivity (Wildman–Crippen MR) is 61.9 cm³/mol. The fourth-order valence-corrected chi connectivity index (χ4v) is 2.55. The molecule has 0 aliphatic heterocycles. The summed E-state index contributed by atoms with van der Waals surface area (Å²) >= 11 is 0. The van der Waals surface area contributed by atoms with Crippen LogP contribution in [-0.4, -0.2) is 23.2 Å². The number of nitrogens with zero attached hydrogens (tertiary/aromatic N) is 2. The lowest BCUT2D eigenvalue weighted by molar-refractivity contribution is 0.272. The van der Waals surface area contributed by atoms with Crippen molar-refractivity contribution in [3.05, 3.63) is 36.0 Å². The number of sulfonamides is 1. The predicted octanol–water partition coefficient (Wildman–Crippen LogP) is -0.0161. The molecule has 0 atom stereocenters. The molecule has 2 heterocycles. The van der Waals surface area contributed by atoms with E-state index in [-0.39, 0.29) is 18.0 Å². The van der Waals surface area contributed by atoms with Crippen molar-refractivity contribution >= 4 is 10.0 Å². The van der Waals surface area contributed by atoms with Crippen LogP contribution in [0.5, 0.6) is 0 Å². The second-order valence-electron chi connectivity index (χ2n) is 3.74. The van der Waals surface area contributed by atoms with Crippen LogP contribution in [0.15, 0.2) is 33.9 Å². The standard InChI is InChI=1S/C10H13N3O4S/c1-13-6-10(4-8(13)7-14)18(15,16)12-5-9-2-3-11-17-9/h2-4,6,12,14H,5,7H2,1H3. The molecule has 0 spiro atoms. The van der Waals surface area contributed by atoms with Crippen molar-refractivity contribution in [2.45, 2.75) is 18.0 Å². The van der Waals surface area contributed by atoms with Crippen molar-refractivity contribution in [3.63, 3.8) is 0 Å². The zero-order valence-electron chi connectivity index (χ0n) is 9.70. The van der Waals surface area contributed by atoms with Gasteiger partial charge in [0.15, 0.2) is 5.76 Å². The molecule has 0 aromatic carbocycles. The molecule has 2 aromatic rings. The second-order valence-corrected chi connectivity index (χ2v) is 5.51. The van der Waals surface area contributed by atoms with Gasteiger partial charge in [0.25, 0.3) is 0 Å². The largest absolute Gasteiger partial charge is 0.390 e. The van der Waals surface area contributed by atoms with Gasteiger partial charge in [0.05, 0.1) is 24.2 Å². The van der Waals surface area contributed by atoms with Crippen LogP contribution in [-0.2, 0) is 30.2 Å². The van der Waals surface area contributed by atoms with Crippen LogP contribution in [0.1, 0.15) is 11.5 Å². The molecular weight excluding hydrogens is 258 g/mol. The van der Waals surface area contributed by atoms with E-state index in [1.54, 1.807) is 17.7 Å². The average molecular weight is 271 g/mol. The first-order chi connectivity index (χ1) is 8.53. The minimum Gasteiger partial charge on any atom is -0.390 e. The van der Waals surface area contributed by atoms with E-state index in [1.807, 2.05) is 0 Å². The Labute approximate surface area is 104 Å². The van der Waals surface area contributed by atoms with Crippen LogP contribution < -0.4 is 4.72 Å². The van der Waals surface area contributed by atoms with E-state index < -0.39 is 10.0 Å². The summed E-state index contributed by atoms with van der Waals surface area (Å²) in [5, 5.41) is 12.5. The van der Waals surface area contributed by atoms with Crippen LogP contribution >= 0.6 is 0 Å². The molecule has 0 fully saturated rings. The van der Waals surface area contributed by atoms with Crippen molar-refractivity contribution in [2.75, 3.05) is 0 Å². The summed E-state index contributed by atoms with van der Waals surface area (Å²) < 4.78 is 32.6. The van der Waals surface area contributed by atoms with Crippen LogP contribution in [0.4, 0.5) is 0 Å².